The number of hydrogen-bond donors (Lipinski definition) is 1. The number of aromatic nitrogens is 3. The highest BCUT2D eigenvalue weighted by atomic mass is 16.3. The maximum absolute atomic E-state index is 9.52. The zero-order valence-electron chi connectivity index (χ0n) is 12.1. The van der Waals surface area contributed by atoms with Crippen molar-refractivity contribution in [1.82, 2.24) is 15.0 Å². The summed E-state index contributed by atoms with van der Waals surface area (Å²) in [7, 11) is 0. The van der Waals surface area contributed by atoms with Crippen LogP contribution in [0.3, 0.4) is 0 Å². The van der Waals surface area contributed by atoms with Gasteiger partial charge in [0.05, 0.1) is 12.7 Å². The molecule has 2 aromatic rings. The summed E-state index contributed by atoms with van der Waals surface area (Å²) in [6.45, 7) is 4.47. The molecular weight excluding hydrogens is 262 g/mol. The molecule has 0 spiro atoms. The minimum Gasteiger partial charge on any atom is -0.380 e. The molecule has 4 heteroatoms. The molecule has 0 aliphatic carbocycles. The highest BCUT2D eigenvalue weighted by molar-refractivity contribution is 5.35. The molecule has 21 heavy (non-hydrogen) atoms. The first kappa shape index (κ1) is 14.8. The summed E-state index contributed by atoms with van der Waals surface area (Å²) in [6, 6.07) is 10.0. The summed E-state index contributed by atoms with van der Waals surface area (Å²) in [6.07, 6.45) is 1.13. The standard InChI is InChI=1S/C17H17N3O/c1-14(2)17(21)11-7-6-10-16-13-20(19-18-16)12-15-8-4-3-5-9-15/h3-5,8-9,13-14,17,21H,12H2,1-2H3/t17-/m1/s1. The number of benzene rings is 1. The SMILES string of the molecule is CC(C)[C@H](O)C#CC#Cc1cn(Cc2ccccc2)nn1. The predicted octanol–water partition coefficient (Wildman–Crippen LogP) is 1.70. The van der Waals surface area contributed by atoms with Gasteiger partial charge in [0.2, 0.25) is 0 Å². The van der Waals surface area contributed by atoms with Crippen LogP contribution in [0.2, 0.25) is 0 Å². The molecule has 0 aliphatic rings. The first-order valence-electron chi connectivity index (χ1n) is 6.79. The molecule has 0 amide bonds. The first-order valence-corrected chi connectivity index (χ1v) is 6.79. The zero-order valence-corrected chi connectivity index (χ0v) is 12.1. The Morgan fingerprint density at radius 1 is 1.19 bits per heavy atom. The van der Waals surface area contributed by atoms with E-state index in [1.54, 1.807) is 10.9 Å². The Balaban J connectivity index is 1.98. The Bertz CT molecular complexity index is 696. The number of hydrogen-bond acceptors (Lipinski definition) is 3. The van der Waals surface area contributed by atoms with Crippen LogP contribution in [0.15, 0.2) is 36.5 Å². The predicted molar refractivity (Wildman–Crippen MR) is 81.1 cm³/mol. The third-order valence-electron chi connectivity index (χ3n) is 2.83. The summed E-state index contributed by atoms with van der Waals surface area (Å²) in [5, 5.41) is 17.5. The highest BCUT2D eigenvalue weighted by Crippen LogP contribution is 2.01. The largest absolute Gasteiger partial charge is 0.380 e. The molecule has 0 aliphatic heterocycles. The maximum atomic E-state index is 9.52. The zero-order chi connectivity index (χ0) is 15.1. The fraction of sp³-hybridized carbons (Fsp3) is 0.294. The van der Waals surface area contributed by atoms with Crippen LogP contribution in [0.1, 0.15) is 25.1 Å². The second kappa shape index (κ2) is 7.28. The van der Waals surface area contributed by atoms with E-state index >= 15 is 0 Å². The molecule has 1 aromatic carbocycles. The smallest absolute Gasteiger partial charge is 0.156 e. The number of rotatable bonds is 3. The molecule has 0 fully saturated rings. The number of aliphatic hydroxyl groups is 1. The third kappa shape index (κ3) is 4.80. The van der Waals surface area contributed by atoms with Crippen molar-refractivity contribution >= 4 is 0 Å². The van der Waals surface area contributed by atoms with Crippen LogP contribution in [0.25, 0.3) is 0 Å². The van der Waals surface area contributed by atoms with Crippen molar-refractivity contribution in [1.29, 1.82) is 0 Å². The van der Waals surface area contributed by atoms with E-state index in [-0.39, 0.29) is 5.92 Å². The maximum Gasteiger partial charge on any atom is 0.156 e. The van der Waals surface area contributed by atoms with E-state index in [9.17, 15) is 5.11 Å². The topological polar surface area (TPSA) is 50.9 Å². The Morgan fingerprint density at radius 3 is 2.67 bits per heavy atom. The van der Waals surface area contributed by atoms with Crippen molar-refractivity contribution in [2.45, 2.75) is 26.5 Å². The lowest BCUT2D eigenvalue weighted by molar-refractivity contribution is 0.181. The summed E-state index contributed by atoms with van der Waals surface area (Å²) < 4.78 is 1.73. The minimum absolute atomic E-state index is 0.103. The van der Waals surface area contributed by atoms with Gasteiger partial charge in [0.1, 0.15) is 6.10 Å². The van der Waals surface area contributed by atoms with Gasteiger partial charge in [-0.05, 0) is 29.2 Å². The average Bonchev–Trinajstić information content (AvgIpc) is 2.92. The van der Waals surface area contributed by atoms with Crippen molar-refractivity contribution < 1.29 is 5.11 Å². The molecule has 2 rings (SSSR count). The Hall–Kier alpha value is -2.56. The van der Waals surface area contributed by atoms with Crippen molar-refractivity contribution in [3.05, 3.63) is 47.8 Å². The van der Waals surface area contributed by atoms with Gasteiger partial charge >= 0.3 is 0 Å². The quantitative estimate of drug-likeness (QED) is 0.870. The highest BCUT2D eigenvalue weighted by Gasteiger charge is 2.02. The van der Waals surface area contributed by atoms with Gasteiger partial charge in [0.25, 0.3) is 0 Å². The van der Waals surface area contributed by atoms with Crippen LogP contribution in [0.4, 0.5) is 0 Å². The van der Waals surface area contributed by atoms with Gasteiger partial charge in [-0.25, -0.2) is 4.68 Å². The molecule has 106 valence electrons. The number of aliphatic hydroxyl groups excluding tert-OH is 1. The van der Waals surface area contributed by atoms with Gasteiger partial charge in [0.15, 0.2) is 5.69 Å². The molecular formula is C17H17N3O. The lowest BCUT2D eigenvalue weighted by atomic mass is 10.1. The summed E-state index contributed by atoms with van der Waals surface area (Å²) >= 11 is 0. The summed E-state index contributed by atoms with van der Waals surface area (Å²) in [5.74, 6) is 10.9. The van der Waals surface area contributed by atoms with E-state index in [1.165, 1.54) is 0 Å². The van der Waals surface area contributed by atoms with E-state index in [1.807, 2.05) is 44.2 Å². The van der Waals surface area contributed by atoms with Crippen LogP contribution in [0.5, 0.6) is 0 Å². The van der Waals surface area contributed by atoms with Crippen LogP contribution in [0, 0.1) is 29.6 Å². The molecule has 1 atom stereocenters. The van der Waals surface area contributed by atoms with E-state index < -0.39 is 6.10 Å². The Morgan fingerprint density at radius 2 is 1.95 bits per heavy atom. The molecule has 1 N–H and O–H groups in total. The van der Waals surface area contributed by atoms with Crippen LogP contribution in [-0.4, -0.2) is 26.2 Å². The summed E-state index contributed by atoms with van der Waals surface area (Å²) in [5.41, 5.74) is 1.72. The first-order chi connectivity index (χ1) is 10.1. The van der Waals surface area contributed by atoms with Crippen molar-refractivity contribution in [3.8, 4) is 23.7 Å². The van der Waals surface area contributed by atoms with Gasteiger partial charge in [-0.3, -0.25) is 0 Å². The van der Waals surface area contributed by atoms with E-state index in [0.717, 1.165) is 5.56 Å². The van der Waals surface area contributed by atoms with Gasteiger partial charge in [-0.1, -0.05) is 55.3 Å². The average molecular weight is 279 g/mol. The fourth-order valence-corrected chi connectivity index (χ4v) is 1.58. The molecule has 0 unspecified atom stereocenters. The third-order valence-corrected chi connectivity index (χ3v) is 2.83. The van der Waals surface area contributed by atoms with Crippen molar-refractivity contribution in [2.24, 2.45) is 5.92 Å². The van der Waals surface area contributed by atoms with Crippen LogP contribution < -0.4 is 0 Å². The molecule has 0 saturated carbocycles. The molecule has 0 radical (unpaired) electrons. The normalized spacial score (nSPS) is 11.2. The van der Waals surface area contributed by atoms with Gasteiger partial charge < -0.3 is 5.11 Å². The lowest BCUT2D eigenvalue weighted by Crippen LogP contribution is -2.10. The van der Waals surface area contributed by atoms with Gasteiger partial charge in [-0.15, -0.1) is 5.10 Å². The minimum atomic E-state index is -0.645. The van der Waals surface area contributed by atoms with Crippen molar-refractivity contribution in [3.63, 3.8) is 0 Å². The van der Waals surface area contributed by atoms with E-state index in [0.29, 0.717) is 12.2 Å². The molecule has 0 bridgehead atoms. The fourth-order valence-electron chi connectivity index (χ4n) is 1.58. The number of nitrogens with zero attached hydrogens (tertiary/aromatic N) is 3. The second-order valence-electron chi connectivity index (χ2n) is 5.00. The van der Waals surface area contributed by atoms with E-state index in [4.69, 9.17) is 0 Å². The van der Waals surface area contributed by atoms with Crippen LogP contribution >= 0.6 is 0 Å². The lowest BCUT2D eigenvalue weighted by Gasteiger charge is -2.04. The van der Waals surface area contributed by atoms with Gasteiger partial charge in [-0.2, -0.15) is 0 Å². The second-order valence-corrected chi connectivity index (χ2v) is 5.00. The van der Waals surface area contributed by atoms with Crippen molar-refractivity contribution in [2.75, 3.05) is 0 Å². The molecule has 1 heterocycles. The van der Waals surface area contributed by atoms with Crippen LogP contribution in [-0.2, 0) is 6.54 Å². The monoisotopic (exact) mass is 279 g/mol. The Labute approximate surface area is 124 Å². The molecule has 0 saturated heterocycles. The molecule has 1 aromatic heterocycles. The van der Waals surface area contributed by atoms with Gasteiger partial charge in [0, 0.05) is 0 Å². The van der Waals surface area contributed by atoms with E-state index in [2.05, 4.69) is 34.0 Å². The Kier molecular flexibility index (Phi) is 5.15. The summed E-state index contributed by atoms with van der Waals surface area (Å²) in [4.78, 5) is 0. The molecule has 4 nitrogen and oxygen atoms in total.